The Bertz CT molecular complexity index is 3270. The maximum Gasteiger partial charge on any atom is 0.0730 e. The van der Waals surface area contributed by atoms with Gasteiger partial charge in [0.1, 0.15) is 0 Å². The Morgan fingerprint density at radius 1 is 0.246 bits per heavy atom. The summed E-state index contributed by atoms with van der Waals surface area (Å²) in [6.45, 7) is 0. The fourth-order valence-corrected chi connectivity index (χ4v) is 18.0. The molecule has 0 radical (unpaired) electrons. The quantitative estimate of drug-likeness (QED) is 0.126. The molecule has 2 aromatic heterocycles. The van der Waals surface area contributed by atoms with Crippen LogP contribution in [0.2, 0.25) is 0 Å². The zero-order chi connectivity index (χ0) is 46.0. The highest BCUT2D eigenvalue weighted by atomic mass is 32.3. The summed E-state index contributed by atoms with van der Waals surface area (Å²) in [5.41, 5.74) is 7.31. The molecule has 12 aromatic rings. The lowest BCUT2D eigenvalue weighted by atomic mass is 10.1. The van der Waals surface area contributed by atoms with E-state index in [0.717, 1.165) is 39.2 Å². The van der Waals surface area contributed by atoms with Crippen molar-refractivity contribution in [2.45, 2.75) is 39.2 Å². The molecular weight excluding hydrogens is 873 g/mol. The van der Waals surface area contributed by atoms with E-state index in [1.54, 1.807) is 0 Å². The van der Waals surface area contributed by atoms with E-state index in [1.165, 1.54) is 49.9 Å². The van der Waals surface area contributed by atoms with Crippen LogP contribution in [0, 0.1) is 0 Å². The minimum Gasteiger partial charge on any atom is -0.309 e. The molecule has 0 N–H and O–H groups in total. The molecule has 2 heterocycles. The van der Waals surface area contributed by atoms with Crippen molar-refractivity contribution in [3.8, 4) is 28.2 Å². The average Bonchev–Trinajstić information content (AvgIpc) is 3.78. The van der Waals surface area contributed by atoms with Gasteiger partial charge in [-0.1, -0.05) is 170 Å². The van der Waals surface area contributed by atoms with Gasteiger partial charge in [-0.2, -0.15) is 0 Å². The molecule has 0 fully saturated rings. The van der Waals surface area contributed by atoms with Crippen LogP contribution in [0.25, 0.3) is 50.0 Å². The zero-order valence-electron chi connectivity index (χ0n) is 37.9. The molecule has 0 atom stereocenters. The van der Waals surface area contributed by atoms with Gasteiger partial charge < -0.3 is 4.57 Å². The number of pyridine rings is 1. The van der Waals surface area contributed by atoms with Crippen molar-refractivity contribution in [1.82, 2.24) is 9.55 Å². The summed E-state index contributed by atoms with van der Waals surface area (Å²) in [6, 6.07) is 107. The Balaban J connectivity index is 1.13. The standard InChI is InChI=1S/C65H48N2S2/c1-7-27-52(28-8-1)68(53-29-9-2-10-30-53,54-31-11-3-12-32-54)58-39-23-25-49(45-58)62-47-51(67-64-43-21-19-41-60(64)61-42-20-22-44-65(61)67)48-63(66-62)50-26-24-40-59(46-50)69(55-33-13-4-14-34-55,56-35-15-5-16-36-56)57-37-17-6-18-38-57/h1-48H. The van der Waals surface area contributed by atoms with Crippen LogP contribution in [0.15, 0.2) is 330 Å². The molecule has 0 amide bonds. The fraction of sp³-hybridized carbons (Fsp3) is 0. The molecular formula is C65H48N2S2. The van der Waals surface area contributed by atoms with E-state index < -0.39 is 20.1 Å². The van der Waals surface area contributed by atoms with Gasteiger partial charge in [0.2, 0.25) is 0 Å². The molecule has 0 unspecified atom stereocenters. The molecule has 0 aliphatic heterocycles. The average molecular weight is 921 g/mol. The minimum atomic E-state index is -1.95. The molecule has 0 aliphatic carbocycles. The van der Waals surface area contributed by atoms with Crippen LogP contribution in [0.4, 0.5) is 0 Å². The fourth-order valence-electron chi connectivity index (χ4n) is 10.2. The van der Waals surface area contributed by atoms with Gasteiger partial charge in [0.05, 0.1) is 28.1 Å². The largest absolute Gasteiger partial charge is 0.309 e. The number of nitrogens with zero attached hydrogens (tertiary/aromatic N) is 2. The second kappa shape index (κ2) is 18.2. The van der Waals surface area contributed by atoms with E-state index in [4.69, 9.17) is 4.98 Å². The van der Waals surface area contributed by atoms with Crippen LogP contribution in [0.5, 0.6) is 0 Å². The third-order valence-electron chi connectivity index (χ3n) is 13.2. The Morgan fingerprint density at radius 3 is 0.841 bits per heavy atom. The molecule has 0 saturated carbocycles. The lowest BCUT2D eigenvalue weighted by Gasteiger charge is -2.42. The van der Waals surface area contributed by atoms with Crippen molar-refractivity contribution in [2.75, 3.05) is 0 Å². The summed E-state index contributed by atoms with van der Waals surface area (Å²) in [5.74, 6) is 0. The summed E-state index contributed by atoms with van der Waals surface area (Å²) < 4.78 is 2.42. The van der Waals surface area contributed by atoms with Gasteiger partial charge in [0.25, 0.3) is 0 Å². The lowest BCUT2D eigenvalue weighted by molar-refractivity contribution is 1.16. The van der Waals surface area contributed by atoms with E-state index in [1.807, 2.05) is 0 Å². The van der Waals surface area contributed by atoms with Crippen molar-refractivity contribution in [3.63, 3.8) is 0 Å². The molecule has 69 heavy (non-hydrogen) atoms. The summed E-state index contributed by atoms with van der Waals surface area (Å²) in [5, 5.41) is 2.45. The minimum absolute atomic E-state index is 0.909. The third kappa shape index (κ3) is 7.28. The van der Waals surface area contributed by atoms with Gasteiger partial charge in [-0.05, 0) is 121 Å². The smallest absolute Gasteiger partial charge is 0.0730 e. The van der Waals surface area contributed by atoms with Gasteiger partial charge in [-0.3, -0.25) is 0 Å². The SMILES string of the molecule is c1ccc(S(c2ccccc2)(c2ccccc2)c2cccc(-c3cc(-n4c5ccccc5c5ccccc54)cc(-c4cccc(S(c5ccccc5)(c5ccccc5)c5ccccc5)c4)n3)c2)cc1. The predicted octanol–water partition coefficient (Wildman–Crippen LogP) is 18.2. The monoisotopic (exact) mass is 920 g/mol. The number of para-hydroxylation sites is 2. The molecule has 0 bridgehead atoms. The summed E-state index contributed by atoms with van der Waals surface area (Å²) in [7, 11) is -3.89. The first-order valence-electron chi connectivity index (χ1n) is 23.4. The maximum atomic E-state index is 5.73. The van der Waals surface area contributed by atoms with Gasteiger partial charge in [0.15, 0.2) is 0 Å². The Labute approximate surface area is 407 Å². The topological polar surface area (TPSA) is 17.8 Å². The lowest BCUT2D eigenvalue weighted by Crippen LogP contribution is -2.06. The molecule has 0 spiro atoms. The molecule has 0 saturated heterocycles. The number of rotatable bonds is 11. The van der Waals surface area contributed by atoms with Crippen molar-refractivity contribution >= 4 is 41.9 Å². The predicted molar refractivity (Wildman–Crippen MR) is 289 cm³/mol. The molecule has 12 rings (SSSR count). The molecule has 0 aliphatic rings. The number of fused-ring (bicyclic) bond motifs is 3. The summed E-state index contributed by atoms with van der Waals surface area (Å²) in [6.07, 6.45) is 0. The van der Waals surface area contributed by atoms with Gasteiger partial charge >= 0.3 is 0 Å². The van der Waals surface area contributed by atoms with E-state index >= 15 is 0 Å². The number of aromatic nitrogens is 2. The molecule has 330 valence electrons. The maximum absolute atomic E-state index is 5.73. The van der Waals surface area contributed by atoms with Crippen molar-refractivity contribution in [3.05, 3.63) is 291 Å². The summed E-state index contributed by atoms with van der Waals surface area (Å²) in [4.78, 5) is 15.9. The van der Waals surface area contributed by atoms with E-state index in [2.05, 4.69) is 296 Å². The normalized spacial score (nSPS) is 12.2. The van der Waals surface area contributed by atoms with Crippen LogP contribution in [-0.2, 0) is 0 Å². The van der Waals surface area contributed by atoms with Crippen LogP contribution in [-0.4, -0.2) is 9.55 Å². The number of benzene rings is 10. The Morgan fingerprint density at radius 2 is 0.522 bits per heavy atom. The van der Waals surface area contributed by atoms with Crippen molar-refractivity contribution < 1.29 is 0 Å². The van der Waals surface area contributed by atoms with Gasteiger partial charge in [-0.25, -0.2) is 4.98 Å². The van der Waals surface area contributed by atoms with Crippen molar-refractivity contribution in [2.24, 2.45) is 0 Å². The van der Waals surface area contributed by atoms with Crippen LogP contribution >= 0.6 is 20.1 Å². The van der Waals surface area contributed by atoms with E-state index in [0.29, 0.717) is 0 Å². The Kier molecular flexibility index (Phi) is 11.1. The number of hydrogen-bond donors (Lipinski definition) is 0. The second-order valence-corrected chi connectivity index (χ2v) is 23.3. The van der Waals surface area contributed by atoms with E-state index in [-0.39, 0.29) is 0 Å². The number of hydrogen-bond acceptors (Lipinski definition) is 1. The van der Waals surface area contributed by atoms with Gasteiger partial charge in [0, 0.05) is 61.1 Å². The first kappa shape index (κ1) is 42.2. The summed E-state index contributed by atoms with van der Waals surface area (Å²) >= 11 is 0. The van der Waals surface area contributed by atoms with Crippen LogP contribution in [0.3, 0.4) is 0 Å². The van der Waals surface area contributed by atoms with E-state index in [9.17, 15) is 0 Å². The Hall–Kier alpha value is -8.15. The highest BCUT2D eigenvalue weighted by molar-refractivity contribution is 8.34. The second-order valence-electron chi connectivity index (χ2n) is 17.1. The van der Waals surface area contributed by atoms with Crippen LogP contribution < -0.4 is 0 Å². The van der Waals surface area contributed by atoms with Crippen LogP contribution in [0.1, 0.15) is 0 Å². The van der Waals surface area contributed by atoms with Gasteiger partial charge in [-0.15, -0.1) is 20.1 Å². The highest BCUT2D eigenvalue weighted by Gasteiger charge is 2.35. The zero-order valence-corrected chi connectivity index (χ0v) is 39.6. The first-order chi connectivity index (χ1) is 34.2. The molecule has 10 aromatic carbocycles. The van der Waals surface area contributed by atoms with Crippen molar-refractivity contribution in [1.29, 1.82) is 0 Å². The molecule has 4 heteroatoms. The first-order valence-corrected chi connectivity index (χ1v) is 26.7. The highest BCUT2D eigenvalue weighted by Crippen LogP contribution is 2.75. The third-order valence-corrected chi connectivity index (χ3v) is 21.0. The molecule has 2 nitrogen and oxygen atoms in total.